The molecule has 0 unspecified atom stereocenters. The number of anilines is 1. The van der Waals surface area contributed by atoms with Gasteiger partial charge in [-0.05, 0) is 43.4 Å². The first-order valence-corrected chi connectivity index (χ1v) is 16.5. The van der Waals surface area contributed by atoms with E-state index in [1.807, 2.05) is 0 Å². The van der Waals surface area contributed by atoms with Crippen molar-refractivity contribution in [3.63, 3.8) is 0 Å². The molecule has 1 aliphatic rings. The van der Waals surface area contributed by atoms with Crippen molar-refractivity contribution in [2.75, 3.05) is 11.9 Å². The van der Waals surface area contributed by atoms with Crippen molar-refractivity contribution in [1.82, 2.24) is 4.98 Å². The lowest BCUT2D eigenvalue weighted by Gasteiger charge is -2.14. The van der Waals surface area contributed by atoms with Crippen LogP contribution in [0.5, 0.6) is 11.5 Å². The highest BCUT2D eigenvalue weighted by Gasteiger charge is 2.24. The first kappa shape index (κ1) is 37.5. The number of aliphatic carboxylic acids is 1. The number of benzene rings is 1. The molecule has 1 aliphatic carbocycles. The maximum Gasteiger partial charge on any atom is 0.387 e. The molecule has 2 aromatic rings. The average molecular weight is 660 g/mol. The molecule has 1 heterocycles. The SMILES string of the molecule is CCCCCCCCCCCCCCCC(=O)O.O=C(Nc1c(Cl)cncc1Cl)c1ccc(OC(F)F)c(OCC2CC2)c1. The zero-order valence-corrected chi connectivity index (χ0v) is 27.1. The molecule has 11 heteroatoms. The molecule has 1 amide bonds. The van der Waals surface area contributed by atoms with E-state index in [0.29, 0.717) is 18.9 Å². The number of alkyl halides is 2. The summed E-state index contributed by atoms with van der Waals surface area (Å²) in [6.07, 6.45) is 22.0. The third-order valence-corrected chi connectivity index (χ3v) is 7.75. The minimum absolute atomic E-state index is 0.0803. The smallest absolute Gasteiger partial charge is 0.387 e. The van der Waals surface area contributed by atoms with Crippen LogP contribution in [0.1, 0.15) is 120 Å². The summed E-state index contributed by atoms with van der Waals surface area (Å²) in [7, 11) is 0. The summed E-state index contributed by atoms with van der Waals surface area (Å²) >= 11 is 12.0. The number of carboxylic acid groups (broad SMARTS) is 1. The highest BCUT2D eigenvalue weighted by Crippen LogP contribution is 2.35. The monoisotopic (exact) mass is 658 g/mol. The van der Waals surface area contributed by atoms with Crippen molar-refractivity contribution in [2.45, 2.75) is 116 Å². The molecule has 0 spiro atoms. The maximum atomic E-state index is 12.6. The van der Waals surface area contributed by atoms with Crippen LogP contribution in [0.15, 0.2) is 30.6 Å². The Bertz CT molecular complexity index is 1120. The standard InChI is InChI=1S/C17H14Cl2F2N2O3.C16H32O2/c18-11-6-22-7-12(19)15(11)23-16(24)10-3-4-13(26-17(20)21)14(5-10)25-8-9-1-2-9;1-2-3-4-5-6-7-8-9-10-11-12-13-14-15-16(17)18/h3-7,9,17H,1-2,8H2,(H,22,23,24);2-15H2,1H3,(H,17,18). The number of pyridine rings is 1. The molecule has 246 valence electrons. The van der Waals surface area contributed by atoms with E-state index < -0.39 is 18.5 Å². The van der Waals surface area contributed by atoms with Gasteiger partial charge in [-0.15, -0.1) is 0 Å². The highest BCUT2D eigenvalue weighted by atomic mass is 35.5. The van der Waals surface area contributed by atoms with E-state index in [1.165, 1.54) is 101 Å². The zero-order chi connectivity index (χ0) is 32.2. The molecule has 7 nitrogen and oxygen atoms in total. The maximum absolute atomic E-state index is 12.6. The summed E-state index contributed by atoms with van der Waals surface area (Å²) in [6.45, 7) is -0.351. The normalized spacial score (nSPS) is 12.4. The van der Waals surface area contributed by atoms with Crippen LogP contribution in [0, 0.1) is 5.92 Å². The lowest BCUT2D eigenvalue weighted by Crippen LogP contribution is -2.14. The number of carbonyl (C=O) groups excluding carboxylic acids is 1. The number of unbranched alkanes of at least 4 members (excludes halogenated alkanes) is 12. The fourth-order valence-electron chi connectivity index (χ4n) is 4.46. The molecule has 0 saturated heterocycles. The Kier molecular flexibility index (Phi) is 18.7. The Balaban J connectivity index is 0.000000331. The van der Waals surface area contributed by atoms with E-state index in [2.05, 4.69) is 22.0 Å². The minimum atomic E-state index is -2.99. The van der Waals surface area contributed by atoms with E-state index in [4.69, 9.17) is 33.0 Å². The van der Waals surface area contributed by atoms with E-state index in [-0.39, 0.29) is 32.8 Å². The van der Waals surface area contributed by atoms with Crippen LogP contribution in [-0.4, -0.2) is 35.2 Å². The number of hydrogen-bond acceptors (Lipinski definition) is 5. The van der Waals surface area contributed by atoms with Crippen molar-refractivity contribution >= 4 is 40.8 Å². The summed E-state index contributed by atoms with van der Waals surface area (Å²) < 4.78 is 35.1. The Morgan fingerprint density at radius 1 is 0.909 bits per heavy atom. The lowest BCUT2D eigenvalue weighted by molar-refractivity contribution is -0.137. The molecule has 44 heavy (non-hydrogen) atoms. The first-order chi connectivity index (χ1) is 21.2. The van der Waals surface area contributed by atoms with Crippen molar-refractivity contribution in [2.24, 2.45) is 5.92 Å². The minimum Gasteiger partial charge on any atom is -0.489 e. The summed E-state index contributed by atoms with van der Waals surface area (Å²) in [5.41, 5.74) is 0.392. The number of hydrogen-bond donors (Lipinski definition) is 2. The van der Waals surface area contributed by atoms with Gasteiger partial charge in [-0.25, -0.2) is 0 Å². The number of nitrogens with zero attached hydrogens (tertiary/aromatic N) is 1. The van der Waals surface area contributed by atoms with Crippen LogP contribution in [0.4, 0.5) is 14.5 Å². The van der Waals surface area contributed by atoms with Gasteiger partial charge in [0.1, 0.15) is 0 Å². The van der Waals surface area contributed by atoms with Gasteiger partial charge in [0.15, 0.2) is 11.5 Å². The van der Waals surface area contributed by atoms with Crippen LogP contribution in [0.25, 0.3) is 0 Å². The van der Waals surface area contributed by atoms with Gasteiger partial charge < -0.3 is 19.9 Å². The van der Waals surface area contributed by atoms with Gasteiger partial charge in [0.25, 0.3) is 5.91 Å². The Labute approximate surface area is 270 Å². The van der Waals surface area contributed by atoms with Crippen molar-refractivity contribution in [3.8, 4) is 11.5 Å². The molecule has 1 aromatic carbocycles. The van der Waals surface area contributed by atoms with Gasteiger partial charge in [0, 0.05) is 24.4 Å². The van der Waals surface area contributed by atoms with Gasteiger partial charge in [-0.1, -0.05) is 107 Å². The second-order valence-electron chi connectivity index (χ2n) is 11.1. The number of halogens is 4. The Morgan fingerprint density at radius 2 is 1.45 bits per heavy atom. The Morgan fingerprint density at radius 3 is 1.95 bits per heavy atom. The van der Waals surface area contributed by atoms with Crippen molar-refractivity contribution < 1.29 is 33.0 Å². The lowest BCUT2D eigenvalue weighted by atomic mass is 10.0. The number of rotatable bonds is 21. The second-order valence-corrected chi connectivity index (χ2v) is 11.9. The molecule has 3 rings (SSSR count). The topological polar surface area (TPSA) is 97.8 Å². The van der Waals surface area contributed by atoms with Crippen LogP contribution in [0.2, 0.25) is 10.0 Å². The molecule has 1 saturated carbocycles. The fraction of sp³-hybridized carbons (Fsp3) is 0.606. The van der Waals surface area contributed by atoms with E-state index in [0.717, 1.165) is 25.7 Å². The van der Waals surface area contributed by atoms with E-state index in [1.54, 1.807) is 0 Å². The van der Waals surface area contributed by atoms with Crippen molar-refractivity contribution in [3.05, 3.63) is 46.2 Å². The molecular formula is C33H46Cl2F2N2O5. The molecule has 1 fully saturated rings. The predicted molar refractivity (Wildman–Crippen MR) is 171 cm³/mol. The number of carboxylic acids is 1. The number of nitrogens with one attached hydrogen (secondary N) is 1. The number of carbonyl (C=O) groups is 2. The largest absolute Gasteiger partial charge is 0.489 e. The van der Waals surface area contributed by atoms with Gasteiger partial charge in [0.2, 0.25) is 0 Å². The number of aromatic nitrogens is 1. The van der Waals surface area contributed by atoms with Crippen molar-refractivity contribution in [1.29, 1.82) is 0 Å². The fourth-order valence-corrected chi connectivity index (χ4v) is 4.92. The zero-order valence-electron chi connectivity index (χ0n) is 25.6. The molecule has 0 atom stereocenters. The molecule has 0 bridgehead atoms. The molecule has 1 aromatic heterocycles. The quantitative estimate of drug-likeness (QED) is 0.129. The van der Waals surface area contributed by atoms with E-state index >= 15 is 0 Å². The summed E-state index contributed by atoms with van der Waals surface area (Å²) in [5.74, 6) is -0.826. The van der Waals surface area contributed by atoms with Crippen LogP contribution >= 0.6 is 23.2 Å². The Hall–Kier alpha value is -2.65. The predicted octanol–water partition coefficient (Wildman–Crippen LogP) is 10.6. The summed E-state index contributed by atoms with van der Waals surface area (Å²) in [6, 6.07) is 3.96. The van der Waals surface area contributed by atoms with Crippen LogP contribution in [-0.2, 0) is 4.79 Å². The van der Waals surface area contributed by atoms with Gasteiger partial charge >= 0.3 is 12.6 Å². The van der Waals surface area contributed by atoms with Gasteiger partial charge in [0.05, 0.1) is 22.3 Å². The first-order valence-electron chi connectivity index (χ1n) is 15.7. The third-order valence-electron chi connectivity index (χ3n) is 7.18. The summed E-state index contributed by atoms with van der Waals surface area (Å²) in [5, 5.41) is 11.4. The molecule has 0 radical (unpaired) electrons. The van der Waals surface area contributed by atoms with Gasteiger partial charge in [-0.2, -0.15) is 8.78 Å². The second kappa shape index (κ2) is 22.0. The van der Waals surface area contributed by atoms with Crippen LogP contribution in [0.3, 0.4) is 0 Å². The molecule has 0 aliphatic heterocycles. The average Bonchev–Trinajstić information content (AvgIpc) is 3.81. The van der Waals surface area contributed by atoms with Gasteiger partial charge in [-0.3, -0.25) is 14.6 Å². The molecular weight excluding hydrogens is 613 g/mol. The molecule has 2 N–H and O–H groups in total. The van der Waals surface area contributed by atoms with Crippen LogP contribution < -0.4 is 14.8 Å². The number of ether oxygens (including phenoxy) is 2. The van der Waals surface area contributed by atoms with E-state index in [9.17, 15) is 18.4 Å². The highest BCUT2D eigenvalue weighted by molar-refractivity contribution is 6.39. The summed E-state index contributed by atoms with van der Waals surface area (Å²) in [4.78, 5) is 26.6. The number of amides is 1. The third kappa shape index (κ3) is 16.4.